The van der Waals surface area contributed by atoms with Gasteiger partial charge in [-0.1, -0.05) is 46.9 Å². The largest absolute Gasteiger partial charge is 0.170 e. The first-order chi connectivity index (χ1) is 7.18. The molecule has 0 amide bonds. The Bertz CT molecular complexity index is 483. The van der Waals surface area contributed by atoms with E-state index in [0.717, 1.165) is 11.1 Å². The Labute approximate surface area is 102 Å². The molecule has 0 atom stereocenters. The van der Waals surface area contributed by atoms with Gasteiger partial charge in [-0.25, -0.2) is 0 Å². The predicted molar refractivity (Wildman–Crippen MR) is 62.5 cm³/mol. The lowest BCUT2D eigenvalue weighted by Crippen LogP contribution is -1.87. The minimum Gasteiger partial charge on any atom is -0.157 e. The zero-order valence-corrected chi connectivity index (χ0v) is 9.68. The standard InChI is InChI=1S/C10H5Cl3N2/c11-7-3-1-6(2-4-7)8-5-14-15-10(13)9(8)12/h1-5H. The highest BCUT2D eigenvalue weighted by Crippen LogP contribution is 2.31. The van der Waals surface area contributed by atoms with Gasteiger partial charge in [-0.2, -0.15) is 5.10 Å². The summed E-state index contributed by atoms with van der Waals surface area (Å²) in [5.41, 5.74) is 1.65. The van der Waals surface area contributed by atoms with Crippen molar-refractivity contribution in [3.8, 4) is 11.1 Å². The fraction of sp³-hybridized carbons (Fsp3) is 0. The molecule has 1 aromatic carbocycles. The van der Waals surface area contributed by atoms with Crippen molar-refractivity contribution in [3.05, 3.63) is 45.7 Å². The lowest BCUT2D eigenvalue weighted by Gasteiger charge is -2.03. The number of nitrogens with zero attached hydrogens (tertiary/aromatic N) is 2. The van der Waals surface area contributed by atoms with E-state index in [9.17, 15) is 0 Å². The molecule has 0 aliphatic heterocycles. The van der Waals surface area contributed by atoms with Crippen molar-refractivity contribution in [3.63, 3.8) is 0 Å². The SMILES string of the molecule is Clc1ccc(-c2cnnc(Cl)c2Cl)cc1. The van der Waals surface area contributed by atoms with Crippen LogP contribution < -0.4 is 0 Å². The molecule has 0 unspecified atom stereocenters. The molecule has 15 heavy (non-hydrogen) atoms. The molecular weight excluding hydrogens is 254 g/mol. The van der Waals surface area contributed by atoms with E-state index >= 15 is 0 Å². The van der Waals surface area contributed by atoms with Crippen molar-refractivity contribution in [2.75, 3.05) is 0 Å². The Hall–Kier alpha value is -0.830. The van der Waals surface area contributed by atoms with Crippen LogP contribution in [0.2, 0.25) is 15.2 Å². The molecule has 0 saturated heterocycles. The van der Waals surface area contributed by atoms with Gasteiger partial charge in [0.25, 0.3) is 0 Å². The van der Waals surface area contributed by atoms with Gasteiger partial charge in [-0.15, -0.1) is 5.10 Å². The minimum atomic E-state index is 0.198. The van der Waals surface area contributed by atoms with E-state index in [1.165, 1.54) is 0 Å². The third-order valence-corrected chi connectivity index (χ3v) is 2.90. The van der Waals surface area contributed by atoms with E-state index in [4.69, 9.17) is 34.8 Å². The summed E-state index contributed by atoms with van der Waals surface area (Å²) < 4.78 is 0. The van der Waals surface area contributed by atoms with Crippen molar-refractivity contribution >= 4 is 34.8 Å². The monoisotopic (exact) mass is 258 g/mol. The molecule has 2 aromatic rings. The number of benzene rings is 1. The van der Waals surface area contributed by atoms with Crippen LogP contribution in [-0.2, 0) is 0 Å². The number of hydrogen-bond donors (Lipinski definition) is 0. The Kier molecular flexibility index (Phi) is 3.10. The third kappa shape index (κ3) is 2.23. The van der Waals surface area contributed by atoms with E-state index in [1.807, 2.05) is 12.1 Å². The molecule has 2 rings (SSSR count). The van der Waals surface area contributed by atoms with Crippen molar-refractivity contribution in [2.24, 2.45) is 0 Å². The lowest BCUT2D eigenvalue weighted by molar-refractivity contribution is 1.03. The maximum absolute atomic E-state index is 6.00. The summed E-state index contributed by atoms with van der Waals surface area (Å²) in [6, 6.07) is 7.26. The van der Waals surface area contributed by atoms with Crippen LogP contribution in [0.5, 0.6) is 0 Å². The average molecular weight is 260 g/mol. The smallest absolute Gasteiger partial charge is 0.157 e. The number of halogens is 3. The Morgan fingerprint density at radius 2 is 1.60 bits per heavy atom. The fourth-order valence-corrected chi connectivity index (χ4v) is 1.65. The quantitative estimate of drug-likeness (QED) is 0.770. The maximum Gasteiger partial charge on any atom is 0.170 e. The van der Waals surface area contributed by atoms with E-state index in [1.54, 1.807) is 18.3 Å². The van der Waals surface area contributed by atoms with Gasteiger partial charge in [0.1, 0.15) is 0 Å². The molecule has 1 heterocycles. The summed E-state index contributed by atoms with van der Waals surface area (Å²) in [6.45, 7) is 0. The van der Waals surface area contributed by atoms with Crippen LogP contribution in [-0.4, -0.2) is 10.2 Å². The van der Waals surface area contributed by atoms with E-state index < -0.39 is 0 Å². The zero-order valence-electron chi connectivity index (χ0n) is 7.42. The first-order valence-electron chi connectivity index (χ1n) is 4.11. The summed E-state index contributed by atoms with van der Waals surface area (Å²) in [7, 11) is 0. The highest BCUT2D eigenvalue weighted by atomic mass is 35.5. The molecule has 1 aromatic heterocycles. The summed E-state index contributed by atoms with van der Waals surface area (Å²) in [5.74, 6) is 0. The molecule has 0 saturated carbocycles. The van der Waals surface area contributed by atoms with Crippen LogP contribution in [0.1, 0.15) is 0 Å². The Morgan fingerprint density at radius 1 is 0.933 bits per heavy atom. The van der Waals surface area contributed by atoms with Crippen molar-refractivity contribution < 1.29 is 0 Å². The molecule has 0 fully saturated rings. The normalized spacial score (nSPS) is 10.3. The molecule has 2 nitrogen and oxygen atoms in total. The minimum absolute atomic E-state index is 0.198. The number of aromatic nitrogens is 2. The van der Waals surface area contributed by atoms with Gasteiger partial charge in [0.2, 0.25) is 0 Å². The highest BCUT2D eigenvalue weighted by Gasteiger charge is 2.08. The highest BCUT2D eigenvalue weighted by molar-refractivity contribution is 6.42. The molecule has 0 N–H and O–H groups in total. The average Bonchev–Trinajstić information content (AvgIpc) is 2.24. The molecular formula is C10H5Cl3N2. The lowest BCUT2D eigenvalue weighted by atomic mass is 10.1. The van der Waals surface area contributed by atoms with E-state index in [-0.39, 0.29) is 5.15 Å². The van der Waals surface area contributed by atoms with Gasteiger partial charge in [-0.05, 0) is 17.7 Å². The Morgan fingerprint density at radius 3 is 2.27 bits per heavy atom. The van der Waals surface area contributed by atoms with Gasteiger partial charge >= 0.3 is 0 Å². The second-order valence-electron chi connectivity index (χ2n) is 2.87. The van der Waals surface area contributed by atoms with Crippen LogP contribution in [0.25, 0.3) is 11.1 Å². The van der Waals surface area contributed by atoms with Crippen LogP contribution in [0.3, 0.4) is 0 Å². The van der Waals surface area contributed by atoms with Crippen LogP contribution in [0.15, 0.2) is 30.5 Å². The third-order valence-electron chi connectivity index (χ3n) is 1.91. The molecule has 0 aliphatic rings. The molecule has 0 aliphatic carbocycles. The van der Waals surface area contributed by atoms with Gasteiger partial charge in [0, 0.05) is 10.6 Å². The van der Waals surface area contributed by atoms with Crippen molar-refractivity contribution in [2.45, 2.75) is 0 Å². The van der Waals surface area contributed by atoms with Crippen LogP contribution in [0.4, 0.5) is 0 Å². The molecule has 0 radical (unpaired) electrons. The fourth-order valence-electron chi connectivity index (χ4n) is 1.18. The number of hydrogen-bond acceptors (Lipinski definition) is 2. The first kappa shape index (κ1) is 10.7. The van der Waals surface area contributed by atoms with Crippen molar-refractivity contribution in [1.29, 1.82) is 0 Å². The maximum atomic E-state index is 6.00. The van der Waals surface area contributed by atoms with Gasteiger partial charge in [0.05, 0.1) is 11.2 Å². The van der Waals surface area contributed by atoms with E-state index in [2.05, 4.69) is 10.2 Å². The Balaban J connectivity index is 2.54. The molecule has 0 bridgehead atoms. The first-order valence-corrected chi connectivity index (χ1v) is 5.24. The summed E-state index contributed by atoms with van der Waals surface area (Å²) >= 11 is 17.5. The van der Waals surface area contributed by atoms with E-state index in [0.29, 0.717) is 10.0 Å². The molecule has 76 valence electrons. The van der Waals surface area contributed by atoms with Crippen molar-refractivity contribution in [1.82, 2.24) is 10.2 Å². The summed E-state index contributed by atoms with van der Waals surface area (Å²) in [4.78, 5) is 0. The topological polar surface area (TPSA) is 25.8 Å². The zero-order chi connectivity index (χ0) is 10.8. The van der Waals surface area contributed by atoms with Crippen LogP contribution >= 0.6 is 34.8 Å². The van der Waals surface area contributed by atoms with Crippen LogP contribution in [0, 0.1) is 0 Å². The second kappa shape index (κ2) is 4.35. The van der Waals surface area contributed by atoms with Gasteiger partial charge in [-0.3, -0.25) is 0 Å². The van der Waals surface area contributed by atoms with Gasteiger partial charge in [0.15, 0.2) is 5.15 Å². The molecule has 0 spiro atoms. The predicted octanol–water partition coefficient (Wildman–Crippen LogP) is 4.10. The number of rotatable bonds is 1. The summed E-state index contributed by atoms with van der Waals surface area (Å²) in [5, 5.41) is 8.65. The summed E-state index contributed by atoms with van der Waals surface area (Å²) in [6.07, 6.45) is 1.57. The second-order valence-corrected chi connectivity index (χ2v) is 4.04. The molecule has 5 heteroatoms. The van der Waals surface area contributed by atoms with Gasteiger partial charge < -0.3 is 0 Å².